The van der Waals surface area contributed by atoms with Gasteiger partial charge in [-0.15, -0.1) is 11.3 Å². The summed E-state index contributed by atoms with van der Waals surface area (Å²) in [5, 5.41) is 3.01. The maximum absolute atomic E-state index is 5.50. The minimum Gasteiger partial charge on any atom is -0.375 e. The van der Waals surface area contributed by atoms with Crippen molar-refractivity contribution < 1.29 is 4.74 Å². The Balaban J connectivity index is 1.72. The number of aromatic nitrogens is 1. The van der Waals surface area contributed by atoms with Crippen LogP contribution in [0.25, 0.3) is 0 Å². The maximum atomic E-state index is 5.50. The molecule has 0 spiro atoms. The van der Waals surface area contributed by atoms with E-state index in [0.29, 0.717) is 13.2 Å². The highest BCUT2D eigenvalue weighted by atomic mass is 32.1. The summed E-state index contributed by atoms with van der Waals surface area (Å²) in [6.45, 7) is 2.08. The van der Waals surface area contributed by atoms with E-state index in [1.165, 1.54) is 12.8 Å². The van der Waals surface area contributed by atoms with Gasteiger partial charge in [0.1, 0.15) is 5.01 Å². The van der Waals surface area contributed by atoms with Crippen LogP contribution >= 0.6 is 11.3 Å². The van der Waals surface area contributed by atoms with Crippen molar-refractivity contribution in [3.05, 3.63) is 16.1 Å². The van der Waals surface area contributed by atoms with Crippen LogP contribution in [-0.4, -0.2) is 11.6 Å². The number of rotatable bonds is 5. The van der Waals surface area contributed by atoms with Crippen molar-refractivity contribution >= 4 is 11.3 Å². The van der Waals surface area contributed by atoms with Crippen LogP contribution in [0.1, 0.15) is 23.5 Å². The van der Waals surface area contributed by atoms with Crippen molar-refractivity contribution in [3.8, 4) is 0 Å². The molecule has 1 heterocycles. The molecular weight excluding hydrogens is 184 g/mol. The summed E-state index contributed by atoms with van der Waals surface area (Å²) in [7, 11) is 0. The molecule has 3 nitrogen and oxygen atoms in total. The van der Waals surface area contributed by atoms with Gasteiger partial charge < -0.3 is 10.5 Å². The lowest BCUT2D eigenvalue weighted by molar-refractivity contribution is 0.109. The molecule has 0 bridgehead atoms. The number of ether oxygens (including phenoxy) is 1. The number of nitrogens with zero attached hydrogens (tertiary/aromatic N) is 1. The third-order valence-corrected chi connectivity index (χ3v) is 2.99. The smallest absolute Gasteiger partial charge is 0.107 e. The molecule has 1 fully saturated rings. The van der Waals surface area contributed by atoms with E-state index >= 15 is 0 Å². The molecule has 1 aliphatic carbocycles. The SMILES string of the molecule is NCc1nc(COCC2CC2)cs1. The molecule has 0 atom stereocenters. The molecule has 13 heavy (non-hydrogen) atoms. The van der Waals surface area contributed by atoms with Crippen molar-refractivity contribution in [1.29, 1.82) is 0 Å². The van der Waals surface area contributed by atoms with Crippen LogP contribution in [0.5, 0.6) is 0 Å². The molecule has 4 heteroatoms. The summed E-state index contributed by atoms with van der Waals surface area (Å²) in [6.07, 6.45) is 2.68. The van der Waals surface area contributed by atoms with E-state index in [1.54, 1.807) is 11.3 Å². The fourth-order valence-corrected chi connectivity index (χ4v) is 1.78. The molecule has 1 aromatic heterocycles. The summed E-state index contributed by atoms with van der Waals surface area (Å²) in [6, 6.07) is 0. The fraction of sp³-hybridized carbons (Fsp3) is 0.667. The maximum Gasteiger partial charge on any atom is 0.107 e. The van der Waals surface area contributed by atoms with Gasteiger partial charge in [0.2, 0.25) is 0 Å². The van der Waals surface area contributed by atoms with Gasteiger partial charge in [0.25, 0.3) is 0 Å². The monoisotopic (exact) mass is 198 g/mol. The predicted octanol–water partition coefficient (Wildman–Crippen LogP) is 1.53. The lowest BCUT2D eigenvalue weighted by atomic mass is 10.4. The lowest BCUT2D eigenvalue weighted by Gasteiger charge is -1.98. The van der Waals surface area contributed by atoms with Crippen LogP contribution in [0, 0.1) is 5.92 Å². The molecule has 1 aromatic rings. The highest BCUT2D eigenvalue weighted by molar-refractivity contribution is 7.09. The minimum absolute atomic E-state index is 0.535. The average molecular weight is 198 g/mol. The molecule has 72 valence electrons. The van der Waals surface area contributed by atoms with Gasteiger partial charge >= 0.3 is 0 Å². The third-order valence-electron chi connectivity index (χ3n) is 2.07. The zero-order valence-electron chi connectivity index (χ0n) is 7.53. The van der Waals surface area contributed by atoms with Crippen LogP contribution in [-0.2, 0) is 17.9 Å². The molecule has 0 saturated heterocycles. The first kappa shape index (κ1) is 9.12. The second-order valence-corrected chi connectivity index (χ2v) is 4.34. The Morgan fingerprint density at radius 2 is 2.46 bits per heavy atom. The first-order chi connectivity index (χ1) is 6.38. The van der Waals surface area contributed by atoms with Crippen LogP contribution in [0.2, 0.25) is 0 Å². The van der Waals surface area contributed by atoms with E-state index in [9.17, 15) is 0 Å². The standard InChI is InChI=1S/C9H14N2OS/c10-3-9-11-8(6-13-9)5-12-4-7-1-2-7/h6-7H,1-5,10H2. The summed E-state index contributed by atoms with van der Waals surface area (Å²) in [5.41, 5.74) is 6.48. The summed E-state index contributed by atoms with van der Waals surface area (Å²) in [5.74, 6) is 0.826. The second kappa shape index (κ2) is 4.17. The summed E-state index contributed by atoms with van der Waals surface area (Å²) in [4.78, 5) is 4.31. The van der Waals surface area contributed by atoms with Crippen LogP contribution in [0.3, 0.4) is 0 Å². The van der Waals surface area contributed by atoms with E-state index in [-0.39, 0.29) is 0 Å². The van der Waals surface area contributed by atoms with Gasteiger partial charge in [0, 0.05) is 18.5 Å². The Labute approximate surface area is 81.9 Å². The van der Waals surface area contributed by atoms with Crippen LogP contribution in [0.15, 0.2) is 5.38 Å². The van der Waals surface area contributed by atoms with E-state index in [1.807, 2.05) is 5.38 Å². The molecule has 0 radical (unpaired) electrons. The first-order valence-corrected chi connectivity index (χ1v) is 5.47. The summed E-state index contributed by atoms with van der Waals surface area (Å²) < 4.78 is 5.50. The van der Waals surface area contributed by atoms with Gasteiger partial charge in [-0.1, -0.05) is 0 Å². The average Bonchev–Trinajstić information content (AvgIpc) is 2.84. The zero-order valence-corrected chi connectivity index (χ0v) is 8.35. The van der Waals surface area contributed by atoms with Crippen molar-refractivity contribution in [2.24, 2.45) is 11.7 Å². The Kier molecular flexibility index (Phi) is 2.93. The first-order valence-electron chi connectivity index (χ1n) is 4.59. The Morgan fingerprint density at radius 3 is 3.08 bits per heavy atom. The van der Waals surface area contributed by atoms with Crippen molar-refractivity contribution in [3.63, 3.8) is 0 Å². The van der Waals surface area contributed by atoms with Crippen LogP contribution < -0.4 is 5.73 Å². The minimum atomic E-state index is 0.535. The molecule has 0 aromatic carbocycles. The molecular formula is C9H14N2OS. The van der Waals surface area contributed by atoms with Gasteiger partial charge in [-0.2, -0.15) is 0 Å². The molecule has 2 N–H and O–H groups in total. The van der Waals surface area contributed by atoms with Crippen LogP contribution in [0.4, 0.5) is 0 Å². The van der Waals surface area contributed by atoms with Gasteiger partial charge in [0.05, 0.1) is 12.3 Å². The topological polar surface area (TPSA) is 48.1 Å². The molecule has 1 saturated carbocycles. The molecule has 0 aliphatic heterocycles. The van der Waals surface area contributed by atoms with E-state index in [0.717, 1.165) is 23.2 Å². The highest BCUT2D eigenvalue weighted by Crippen LogP contribution is 2.29. The van der Waals surface area contributed by atoms with E-state index < -0.39 is 0 Å². The summed E-state index contributed by atoms with van der Waals surface area (Å²) >= 11 is 1.61. The highest BCUT2D eigenvalue weighted by Gasteiger charge is 2.21. The number of hydrogen-bond acceptors (Lipinski definition) is 4. The van der Waals surface area contributed by atoms with E-state index in [4.69, 9.17) is 10.5 Å². The quantitative estimate of drug-likeness (QED) is 0.780. The van der Waals surface area contributed by atoms with Crippen molar-refractivity contribution in [2.75, 3.05) is 6.61 Å². The van der Waals surface area contributed by atoms with Gasteiger partial charge in [-0.05, 0) is 18.8 Å². The Bertz CT molecular complexity index is 270. The zero-order chi connectivity index (χ0) is 9.10. The Morgan fingerprint density at radius 1 is 1.62 bits per heavy atom. The second-order valence-electron chi connectivity index (χ2n) is 3.40. The normalized spacial score (nSPS) is 16.4. The van der Waals surface area contributed by atoms with Gasteiger partial charge in [-0.25, -0.2) is 4.98 Å². The number of nitrogens with two attached hydrogens (primary N) is 1. The number of hydrogen-bond donors (Lipinski definition) is 1. The Hall–Kier alpha value is -0.450. The fourth-order valence-electron chi connectivity index (χ4n) is 1.12. The number of thiazole rings is 1. The van der Waals surface area contributed by atoms with E-state index in [2.05, 4.69) is 4.98 Å². The lowest BCUT2D eigenvalue weighted by Crippen LogP contribution is -1.99. The molecule has 0 unspecified atom stereocenters. The van der Waals surface area contributed by atoms with Gasteiger partial charge in [-0.3, -0.25) is 0 Å². The third kappa shape index (κ3) is 2.76. The predicted molar refractivity (Wildman–Crippen MR) is 52.4 cm³/mol. The molecule has 2 rings (SSSR count). The molecule has 0 amide bonds. The molecule has 1 aliphatic rings. The largest absolute Gasteiger partial charge is 0.375 e. The van der Waals surface area contributed by atoms with Gasteiger partial charge in [0.15, 0.2) is 0 Å². The van der Waals surface area contributed by atoms with Crippen molar-refractivity contribution in [2.45, 2.75) is 26.0 Å². The van der Waals surface area contributed by atoms with Crippen molar-refractivity contribution in [1.82, 2.24) is 4.98 Å².